The van der Waals surface area contributed by atoms with E-state index in [1.165, 1.54) is 26.0 Å². The summed E-state index contributed by atoms with van der Waals surface area (Å²) in [6.45, 7) is 9.38. The molecule has 1 aliphatic heterocycles. The van der Waals surface area contributed by atoms with Gasteiger partial charge in [-0.3, -0.25) is 9.59 Å². The van der Waals surface area contributed by atoms with Crippen molar-refractivity contribution in [1.82, 2.24) is 0 Å². The molecule has 4 aliphatic rings. The maximum Gasteiger partial charge on any atom is 0.348 e. The Labute approximate surface area is 361 Å². The van der Waals surface area contributed by atoms with Crippen molar-refractivity contribution in [3.63, 3.8) is 0 Å². The monoisotopic (exact) mass is 865 g/mol. The number of aliphatic hydroxyl groups excluding tert-OH is 2. The summed E-state index contributed by atoms with van der Waals surface area (Å²) >= 11 is 0. The molecule has 2 unspecified atom stereocenters. The second-order valence-corrected chi connectivity index (χ2v) is 17.7. The van der Waals surface area contributed by atoms with E-state index in [9.17, 15) is 39.3 Å². The summed E-state index contributed by atoms with van der Waals surface area (Å²) in [5, 5.41) is 38.0. The van der Waals surface area contributed by atoms with Crippen LogP contribution in [0, 0.1) is 22.7 Å². The molecule has 1 heterocycles. The van der Waals surface area contributed by atoms with Crippen LogP contribution in [0.15, 0.2) is 72.3 Å². The number of Topliss-reactive ketones (excluding diaryl/α,β-unsaturated/α-hetero) is 1. The molecule has 0 aromatic heterocycles. The normalized spacial score (nSPS) is 33.3. The van der Waals surface area contributed by atoms with Crippen LogP contribution in [0.2, 0.25) is 0 Å². The fourth-order valence-corrected chi connectivity index (χ4v) is 10.3. The lowest BCUT2D eigenvalue weighted by Gasteiger charge is -2.63. The van der Waals surface area contributed by atoms with E-state index in [0.29, 0.717) is 24.3 Å². The lowest BCUT2D eigenvalue weighted by molar-refractivity contribution is -0.338. The molecule has 16 heteroatoms. The van der Waals surface area contributed by atoms with Crippen LogP contribution in [-0.2, 0) is 52.3 Å². The summed E-state index contributed by atoms with van der Waals surface area (Å²) in [4.78, 5) is 69.9. The van der Waals surface area contributed by atoms with E-state index in [1.54, 1.807) is 82.3 Å². The van der Waals surface area contributed by atoms with Crippen molar-refractivity contribution < 1.29 is 72.5 Å². The van der Waals surface area contributed by atoms with Crippen LogP contribution < -0.4 is 5.73 Å². The molecule has 5 N–H and O–H groups in total. The molecule has 0 amide bonds. The van der Waals surface area contributed by atoms with Crippen molar-refractivity contribution >= 4 is 29.7 Å². The third kappa shape index (κ3) is 8.83. The average molecular weight is 866 g/mol. The highest BCUT2D eigenvalue weighted by Crippen LogP contribution is 2.63. The van der Waals surface area contributed by atoms with Gasteiger partial charge in [-0.25, -0.2) is 14.4 Å². The predicted octanol–water partition coefficient (Wildman–Crippen LogP) is 2.59. The van der Waals surface area contributed by atoms with Gasteiger partial charge in [0.15, 0.2) is 11.4 Å². The molecule has 0 radical (unpaired) electrons. The number of benzene rings is 2. The first-order chi connectivity index (χ1) is 29.3. The second kappa shape index (κ2) is 18.7. The summed E-state index contributed by atoms with van der Waals surface area (Å²) in [5.74, 6) is -8.09. The van der Waals surface area contributed by atoms with E-state index in [2.05, 4.69) is 0 Å². The van der Waals surface area contributed by atoms with Gasteiger partial charge in [0.25, 0.3) is 0 Å². The minimum atomic E-state index is -2.47. The van der Waals surface area contributed by atoms with Gasteiger partial charge in [-0.15, -0.1) is 0 Å². The predicted molar refractivity (Wildman–Crippen MR) is 219 cm³/mol. The molecule has 1 saturated heterocycles. The molecule has 62 heavy (non-hydrogen) atoms. The Balaban J connectivity index is 1.44. The fraction of sp³-hybridized carbons (Fsp3) is 0.587. The minimum absolute atomic E-state index is 0.0626. The Kier molecular flexibility index (Phi) is 14.1. The molecule has 3 aliphatic carbocycles. The van der Waals surface area contributed by atoms with E-state index >= 15 is 0 Å². The van der Waals surface area contributed by atoms with E-state index in [0.717, 1.165) is 0 Å². The number of ether oxygens (including phenoxy) is 7. The summed E-state index contributed by atoms with van der Waals surface area (Å²) in [7, 11) is 0. The van der Waals surface area contributed by atoms with Gasteiger partial charge in [-0.05, 0) is 42.5 Å². The summed E-state index contributed by atoms with van der Waals surface area (Å²) < 4.78 is 41.0. The standard InChI is InChI=1S/C46H59NO15/c1-26-22-43(4,5)37-35(51)39(52)44(6)32(49)21-33-46(25-58-33,62-28(3)48)38(44)40(61-41(53)30-15-11-8-12-16-30)45(37,55)23-31(26)59-42(54)36(27(2)29-13-9-7-10-14-29)60-34(50)24-57-20-19-56-18-17-47/h7-16,22,27,31-33,35-38,40,49,51,55H,17-21,23-25,47H2,1-6H3/t27-,31-,32-,33?,35+,36+,37?,38-,40-,44+,45-,46-/m0/s1. The summed E-state index contributed by atoms with van der Waals surface area (Å²) in [6.07, 6.45) is -8.22. The lowest BCUT2D eigenvalue weighted by Crippen LogP contribution is -2.78. The molecule has 2 aromatic rings. The first kappa shape index (κ1) is 46.9. The number of nitrogens with two attached hydrogens (primary N) is 1. The maximum atomic E-state index is 15.0. The first-order valence-electron chi connectivity index (χ1n) is 21.0. The number of hydrogen-bond donors (Lipinski definition) is 4. The van der Waals surface area contributed by atoms with Gasteiger partial charge in [0.05, 0.1) is 49.4 Å². The number of carbonyl (C=O) groups is 5. The van der Waals surface area contributed by atoms with Crippen LogP contribution >= 0.6 is 0 Å². The molecule has 3 fully saturated rings. The lowest BCUT2D eigenvalue weighted by atomic mass is 9.52. The van der Waals surface area contributed by atoms with Gasteiger partial charge in [-0.1, -0.05) is 75.4 Å². The highest BCUT2D eigenvalue weighted by molar-refractivity contribution is 5.92. The largest absolute Gasteiger partial charge is 0.455 e. The Bertz CT molecular complexity index is 1990. The maximum absolute atomic E-state index is 15.0. The number of aliphatic hydroxyl groups is 3. The minimum Gasteiger partial charge on any atom is -0.455 e. The number of ketones is 1. The zero-order chi connectivity index (χ0) is 45.2. The van der Waals surface area contributed by atoms with Crippen molar-refractivity contribution in [2.24, 2.45) is 28.4 Å². The summed E-state index contributed by atoms with van der Waals surface area (Å²) in [6, 6.07) is 16.8. The van der Waals surface area contributed by atoms with Crippen molar-refractivity contribution in [2.75, 3.05) is 39.6 Å². The highest BCUT2D eigenvalue weighted by Gasteiger charge is 2.78. The smallest absolute Gasteiger partial charge is 0.348 e. The Morgan fingerprint density at radius 3 is 2.18 bits per heavy atom. The van der Waals surface area contributed by atoms with E-state index in [1.807, 2.05) is 0 Å². The molecule has 6 rings (SSSR count). The molecular formula is C46H59NO15. The molecule has 338 valence electrons. The SMILES string of the molecule is CC(=O)O[C@@]12COC1C[C@H](O)[C@@]1(C)C(=O)[C@H](O)C3C(C)(C)C=C(C)[C@@H](OC(=O)[C@H](OC(=O)COCCOCCN)[C@@H](C)c4ccccc4)C[C@@]3(O)[C@@H](OC(=O)c3ccccc3)[C@@H]12. The first-order valence-corrected chi connectivity index (χ1v) is 21.0. The van der Waals surface area contributed by atoms with E-state index in [4.69, 9.17) is 38.9 Å². The van der Waals surface area contributed by atoms with Crippen LogP contribution in [0.5, 0.6) is 0 Å². The highest BCUT2D eigenvalue weighted by atomic mass is 16.6. The quantitative estimate of drug-likeness (QED) is 0.0872. The van der Waals surface area contributed by atoms with Crippen molar-refractivity contribution in [3.8, 4) is 0 Å². The number of rotatable bonds is 15. The molecule has 0 spiro atoms. The van der Waals surface area contributed by atoms with Gasteiger partial charge < -0.3 is 54.2 Å². The van der Waals surface area contributed by atoms with Gasteiger partial charge in [0.1, 0.15) is 36.6 Å². The number of hydrogen-bond acceptors (Lipinski definition) is 16. The zero-order valence-electron chi connectivity index (χ0n) is 36.0. The van der Waals surface area contributed by atoms with Crippen LogP contribution in [0.1, 0.15) is 76.2 Å². The topological polar surface area (TPSA) is 237 Å². The molecule has 12 atom stereocenters. The van der Waals surface area contributed by atoms with E-state index < -0.39 is 119 Å². The molecule has 2 aromatic carbocycles. The molecule has 0 bridgehead atoms. The molecule has 2 saturated carbocycles. The van der Waals surface area contributed by atoms with Gasteiger partial charge >= 0.3 is 23.9 Å². The number of carbonyl (C=O) groups excluding carboxylic acids is 5. The van der Waals surface area contributed by atoms with Crippen molar-refractivity contribution in [2.45, 2.75) is 108 Å². The van der Waals surface area contributed by atoms with Gasteiger partial charge in [0, 0.05) is 38.1 Å². The van der Waals surface area contributed by atoms with Crippen LogP contribution in [0.25, 0.3) is 0 Å². The third-order valence-corrected chi connectivity index (χ3v) is 13.2. The fourth-order valence-electron chi connectivity index (χ4n) is 10.3. The second-order valence-electron chi connectivity index (χ2n) is 17.7. The number of esters is 4. The van der Waals surface area contributed by atoms with Crippen LogP contribution in [-0.4, -0.2) is 132 Å². The number of allylic oxidation sites excluding steroid dienone is 1. The van der Waals surface area contributed by atoms with Gasteiger partial charge in [0.2, 0.25) is 6.10 Å². The Morgan fingerprint density at radius 1 is 0.919 bits per heavy atom. The number of fused-ring (bicyclic) bond motifs is 4. The van der Waals surface area contributed by atoms with Crippen LogP contribution in [0.4, 0.5) is 0 Å². The average Bonchev–Trinajstić information content (AvgIpc) is 3.33. The summed E-state index contributed by atoms with van der Waals surface area (Å²) in [5.41, 5.74) is -0.884. The van der Waals surface area contributed by atoms with Crippen molar-refractivity contribution in [1.29, 1.82) is 0 Å². The third-order valence-electron chi connectivity index (χ3n) is 13.2. The van der Waals surface area contributed by atoms with E-state index in [-0.39, 0.29) is 31.8 Å². The van der Waals surface area contributed by atoms with Crippen LogP contribution in [0.3, 0.4) is 0 Å². The Hall–Kier alpha value is -4.55. The zero-order valence-corrected chi connectivity index (χ0v) is 36.0. The van der Waals surface area contributed by atoms with Gasteiger partial charge in [-0.2, -0.15) is 0 Å². The molecule has 16 nitrogen and oxygen atoms in total. The Morgan fingerprint density at radius 2 is 1.56 bits per heavy atom. The van der Waals surface area contributed by atoms with Crippen molar-refractivity contribution in [3.05, 3.63) is 83.4 Å². The molecular weight excluding hydrogens is 806 g/mol.